The van der Waals surface area contributed by atoms with Gasteiger partial charge in [0.2, 0.25) is 0 Å². The number of halogens is 7. The number of nitrogens with zero attached hydrogens (tertiary/aromatic N) is 3. The van der Waals surface area contributed by atoms with Crippen LogP contribution in [0.2, 0.25) is 0 Å². The van der Waals surface area contributed by atoms with E-state index in [4.69, 9.17) is 49.5 Å². The lowest BCUT2D eigenvalue weighted by Crippen LogP contribution is -2.15. The summed E-state index contributed by atoms with van der Waals surface area (Å²) in [6.07, 6.45) is -3.72. The van der Waals surface area contributed by atoms with Gasteiger partial charge in [-0.05, 0) is 45.0 Å². The second-order valence-electron chi connectivity index (χ2n) is 2.83. The molecule has 0 aromatic carbocycles. The van der Waals surface area contributed by atoms with Crippen LogP contribution in [0.3, 0.4) is 0 Å². The van der Waals surface area contributed by atoms with Gasteiger partial charge >= 0.3 is 19.7 Å². The van der Waals surface area contributed by atoms with Crippen LogP contribution in [0.5, 0.6) is 0 Å². The Bertz CT molecular complexity index is 543. The van der Waals surface area contributed by atoms with Crippen molar-refractivity contribution in [3.63, 3.8) is 0 Å². The van der Waals surface area contributed by atoms with Gasteiger partial charge in [-0.15, -0.1) is 0 Å². The summed E-state index contributed by atoms with van der Waals surface area (Å²) in [4.78, 5) is 0. The molecule has 0 bridgehead atoms. The van der Waals surface area contributed by atoms with Crippen molar-refractivity contribution in [2.45, 2.75) is 6.18 Å². The Morgan fingerprint density at radius 3 is 2.11 bits per heavy atom. The molecule has 1 aliphatic rings. The fourth-order valence-corrected chi connectivity index (χ4v) is 15.2. The normalized spacial score (nSPS) is 33.6. The van der Waals surface area contributed by atoms with Crippen molar-refractivity contribution in [1.82, 2.24) is 0 Å². The number of alkyl halides is 3. The van der Waals surface area contributed by atoms with Crippen molar-refractivity contribution >= 4 is 64.4 Å². The van der Waals surface area contributed by atoms with E-state index >= 15 is 0 Å². The molecule has 0 aromatic rings. The molecule has 0 fully saturated rings. The van der Waals surface area contributed by atoms with Crippen molar-refractivity contribution in [3.8, 4) is 0 Å². The highest BCUT2D eigenvalue weighted by Crippen LogP contribution is 2.85. The van der Waals surface area contributed by atoms with E-state index in [0.29, 0.717) is 0 Å². The molecule has 15 heteroatoms. The lowest BCUT2D eigenvalue weighted by molar-refractivity contribution is -0.152. The molecule has 0 saturated heterocycles. The lowest BCUT2D eigenvalue weighted by Gasteiger charge is -2.23. The molecule has 5 nitrogen and oxygen atoms in total. The highest BCUT2D eigenvalue weighted by Gasteiger charge is 2.38. The molecule has 0 N–H and O–H groups in total. The van der Waals surface area contributed by atoms with E-state index in [-0.39, 0.29) is 0 Å². The van der Waals surface area contributed by atoms with Gasteiger partial charge in [0.15, 0.2) is 6.61 Å². The molecule has 19 heavy (non-hydrogen) atoms. The molecule has 2 unspecified atom stereocenters. The first-order chi connectivity index (χ1) is 8.39. The maximum atomic E-state index is 12.1. The van der Waals surface area contributed by atoms with E-state index in [1.807, 2.05) is 0 Å². The topological polar surface area (TPSA) is 55.5 Å². The first-order valence-electron chi connectivity index (χ1n) is 4.09. The minimum Gasteiger partial charge on any atom is -0.439 e. The quantitative estimate of drug-likeness (QED) is 0.350. The van der Waals surface area contributed by atoms with Crippen LogP contribution >= 0.6 is 64.4 Å². The zero-order valence-corrected chi connectivity index (χ0v) is 14.3. The fraction of sp³-hybridized carbons (Fsp3) is 0.500. The third-order valence-electron chi connectivity index (χ3n) is 1.26. The average molecular weight is 419 g/mol. The molecule has 0 radical (unpaired) electrons. The summed E-state index contributed by atoms with van der Waals surface area (Å²) < 4.78 is 56.4. The summed E-state index contributed by atoms with van der Waals surface area (Å²) in [7, 11) is 0. The first kappa shape index (κ1) is 18.2. The van der Waals surface area contributed by atoms with Crippen molar-refractivity contribution in [2.24, 2.45) is 13.5 Å². The molecule has 0 aromatic heterocycles. The highest BCUT2D eigenvalue weighted by atomic mass is 35.9. The van der Waals surface area contributed by atoms with E-state index in [2.05, 4.69) is 24.6 Å². The van der Waals surface area contributed by atoms with Crippen LogP contribution in [-0.4, -0.2) is 12.8 Å². The van der Waals surface area contributed by atoms with Crippen LogP contribution in [0, 0.1) is 0 Å². The molecule has 0 saturated carbocycles. The zero-order valence-electron chi connectivity index (χ0n) is 8.64. The Hall–Kier alpha value is 1.14. The van der Waals surface area contributed by atoms with Crippen LogP contribution in [0.15, 0.2) is 26.4 Å². The van der Waals surface area contributed by atoms with Crippen molar-refractivity contribution in [2.75, 3.05) is 6.61 Å². The standard InChI is InChI=1S/C4H5Cl4F3N3O2P3/c1-2-15-18(7)12-17(5,6)13-19(8,14-18)16-3-4(9,10)11/h2H,1,3H2. The summed E-state index contributed by atoms with van der Waals surface area (Å²) in [5.41, 5.74) is 0. The molecule has 0 aliphatic carbocycles. The van der Waals surface area contributed by atoms with E-state index in [9.17, 15) is 13.2 Å². The second-order valence-corrected chi connectivity index (χ2v) is 14.2. The summed E-state index contributed by atoms with van der Waals surface area (Å²) in [6, 6.07) is 0. The Morgan fingerprint density at radius 2 is 1.63 bits per heavy atom. The third-order valence-corrected chi connectivity index (χ3v) is 12.8. The van der Waals surface area contributed by atoms with Gasteiger partial charge in [0, 0.05) is 0 Å². The van der Waals surface area contributed by atoms with Gasteiger partial charge in [0.1, 0.15) is 0 Å². The molecule has 0 amide bonds. The Kier molecular flexibility index (Phi) is 5.84. The summed E-state index contributed by atoms with van der Waals surface area (Å²) >= 11 is 23.1. The molecular weight excluding hydrogens is 414 g/mol. The molecular formula is C4H5Cl4F3N3O2P3. The maximum Gasteiger partial charge on any atom is 0.412 e. The summed E-state index contributed by atoms with van der Waals surface area (Å²) in [5, 5.41) is 0. The maximum absolute atomic E-state index is 12.1. The van der Waals surface area contributed by atoms with Gasteiger partial charge in [0.25, 0.3) is 5.91 Å². The van der Waals surface area contributed by atoms with Gasteiger partial charge in [-0.2, -0.15) is 26.7 Å². The highest BCUT2D eigenvalue weighted by molar-refractivity contribution is 8.16. The molecule has 1 heterocycles. The van der Waals surface area contributed by atoms with Gasteiger partial charge < -0.3 is 9.05 Å². The first-order valence-corrected chi connectivity index (χ1v) is 12.6. The molecule has 1 aliphatic heterocycles. The van der Waals surface area contributed by atoms with Gasteiger partial charge in [-0.25, -0.2) is 0 Å². The predicted molar refractivity (Wildman–Crippen MR) is 74.7 cm³/mol. The minimum absolute atomic E-state index is 0.901. The van der Waals surface area contributed by atoms with Gasteiger partial charge in [-0.1, -0.05) is 6.58 Å². The van der Waals surface area contributed by atoms with Crippen LogP contribution in [0.4, 0.5) is 13.2 Å². The molecule has 1 rings (SSSR count). The predicted octanol–water partition coefficient (Wildman–Crippen LogP) is 7.53. The smallest absolute Gasteiger partial charge is 0.412 e. The minimum atomic E-state index is -4.62. The monoisotopic (exact) mass is 417 g/mol. The van der Waals surface area contributed by atoms with E-state index in [1.165, 1.54) is 0 Å². The third kappa shape index (κ3) is 6.19. The second kappa shape index (κ2) is 6.10. The lowest BCUT2D eigenvalue weighted by atomic mass is 10.7. The van der Waals surface area contributed by atoms with Crippen molar-refractivity contribution in [1.29, 1.82) is 0 Å². The van der Waals surface area contributed by atoms with Gasteiger partial charge in [0.05, 0.1) is 6.26 Å². The number of hydrogen-bond donors (Lipinski definition) is 0. The zero-order chi connectivity index (χ0) is 14.9. The molecule has 2 atom stereocenters. The molecule has 112 valence electrons. The van der Waals surface area contributed by atoms with Crippen LogP contribution in [0.25, 0.3) is 0 Å². The van der Waals surface area contributed by atoms with Crippen LogP contribution in [0.1, 0.15) is 0 Å². The summed E-state index contributed by atoms with van der Waals surface area (Å²) in [5.74, 6) is -3.42. The van der Waals surface area contributed by atoms with Crippen molar-refractivity contribution in [3.05, 3.63) is 12.8 Å². The van der Waals surface area contributed by atoms with Crippen LogP contribution in [-0.2, 0) is 9.05 Å². The molecule has 0 spiro atoms. The van der Waals surface area contributed by atoms with Crippen LogP contribution < -0.4 is 0 Å². The number of rotatable bonds is 4. The Labute approximate surface area is 126 Å². The SMILES string of the molecule is C=COP1(Cl)=NP(Cl)(Cl)=NP(Cl)(OCC(F)(F)F)=N1. The largest absolute Gasteiger partial charge is 0.439 e. The van der Waals surface area contributed by atoms with E-state index in [1.54, 1.807) is 0 Å². The number of hydrogen-bond acceptors (Lipinski definition) is 5. The van der Waals surface area contributed by atoms with Crippen molar-refractivity contribution < 1.29 is 22.2 Å². The van der Waals surface area contributed by atoms with E-state index in [0.717, 1.165) is 6.26 Å². The van der Waals surface area contributed by atoms with E-state index < -0.39 is 32.3 Å². The fourth-order valence-electron chi connectivity index (χ4n) is 0.799. The average Bonchev–Trinajstić information content (AvgIpc) is 2.09. The Balaban J connectivity index is 3.20. The summed E-state index contributed by atoms with van der Waals surface area (Å²) in [6.45, 7) is -5.71. The van der Waals surface area contributed by atoms with Gasteiger partial charge in [-0.3, -0.25) is 0 Å². The Morgan fingerprint density at radius 1 is 1.05 bits per heavy atom.